The molecule has 1 aromatic heterocycles. The number of hydrogen-bond donors (Lipinski definition) is 1. The van der Waals surface area contributed by atoms with Gasteiger partial charge in [-0.15, -0.1) is 0 Å². The van der Waals surface area contributed by atoms with E-state index < -0.39 is 23.9 Å². The monoisotopic (exact) mass is 352 g/mol. The number of carbonyl (C=O) groups is 1. The number of pyridine rings is 1. The molecule has 2 N–H and O–H groups in total. The SMILES string of the molecule is COC(=O)C[C@H](N)c1cc(-c2c(C)cccc2C)cc(C(F)(F)F)n1. The molecule has 1 heterocycles. The van der Waals surface area contributed by atoms with Crippen LogP contribution in [-0.4, -0.2) is 18.1 Å². The van der Waals surface area contributed by atoms with E-state index in [2.05, 4.69) is 9.72 Å². The maximum absolute atomic E-state index is 13.3. The standard InChI is InChI=1S/C18H19F3N2O2/c1-10-5-4-6-11(2)17(10)12-7-14(13(22)9-16(24)25-3)23-15(8-12)18(19,20)21/h4-8,13H,9,22H2,1-3H3/t13-/m0/s1. The lowest BCUT2D eigenvalue weighted by molar-refractivity contribution is -0.141. The Morgan fingerprint density at radius 3 is 2.36 bits per heavy atom. The van der Waals surface area contributed by atoms with E-state index >= 15 is 0 Å². The summed E-state index contributed by atoms with van der Waals surface area (Å²) in [5.74, 6) is -0.611. The highest BCUT2D eigenvalue weighted by atomic mass is 19.4. The highest BCUT2D eigenvalue weighted by Crippen LogP contribution is 2.35. The normalized spacial score (nSPS) is 12.8. The van der Waals surface area contributed by atoms with Gasteiger partial charge >= 0.3 is 12.1 Å². The Bertz CT molecular complexity index is 768. The van der Waals surface area contributed by atoms with Crippen molar-refractivity contribution in [2.24, 2.45) is 5.73 Å². The number of aryl methyl sites for hydroxylation is 2. The van der Waals surface area contributed by atoms with Gasteiger partial charge in [0.2, 0.25) is 0 Å². The molecule has 0 bridgehead atoms. The first-order chi connectivity index (χ1) is 11.6. The molecule has 0 fully saturated rings. The third kappa shape index (κ3) is 4.36. The lowest BCUT2D eigenvalue weighted by Crippen LogP contribution is -2.20. The zero-order chi connectivity index (χ0) is 18.8. The molecule has 0 aliphatic rings. The topological polar surface area (TPSA) is 65.2 Å². The second-order valence-corrected chi connectivity index (χ2v) is 5.82. The molecule has 25 heavy (non-hydrogen) atoms. The summed E-state index contributed by atoms with van der Waals surface area (Å²) in [4.78, 5) is 15.0. The molecule has 0 radical (unpaired) electrons. The number of rotatable bonds is 4. The number of esters is 1. The highest BCUT2D eigenvalue weighted by Gasteiger charge is 2.34. The fourth-order valence-electron chi connectivity index (χ4n) is 2.67. The smallest absolute Gasteiger partial charge is 0.433 e. The quantitative estimate of drug-likeness (QED) is 0.847. The van der Waals surface area contributed by atoms with Gasteiger partial charge in [0.25, 0.3) is 0 Å². The Balaban J connectivity index is 2.61. The second-order valence-electron chi connectivity index (χ2n) is 5.82. The maximum Gasteiger partial charge on any atom is 0.433 e. The van der Waals surface area contributed by atoms with E-state index in [0.717, 1.165) is 17.2 Å². The minimum Gasteiger partial charge on any atom is -0.469 e. The number of nitrogens with two attached hydrogens (primary N) is 1. The molecule has 0 aliphatic carbocycles. The van der Waals surface area contributed by atoms with Gasteiger partial charge in [-0.25, -0.2) is 4.98 Å². The number of nitrogens with zero attached hydrogens (tertiary/aromatic N) is 1. The van der Waals surface area contributed by atoms with Gasteiger partial charge < -0.3 is 10.5 Å². The first-order valence-corrected chi connectivity index (χ1v) is 7.61. The van der Waals surface area contributed by atoms with Crippen LogP contribution in [0.15, 0.2) is 30.3 Å². The Morgan fingerprint density at radius 1 is 1.24 bits per heavy atom. The average Bonchev–Trinajstić information content (AvgIpc) is 2.53. The Labute approximate surface area is 143 Å². The number of methoxy groups -OCH3 is 1. The maximum atomic E-state index is 13.3. The van der Waals surface area contributed by atoms with Gasteiger partial charge in [-0.3, -0.25) is 4.79 Å². The van der Waals surface area contributed by atoms with Gasteiger partial charge in [0.05, 0.1) is 25.3 Å². The zero-order valence-electron chi connectivity index (χ0n) is 14.1. The van der Waals surface area contributed by atoms with E-state index in [9.17, 15) is 18.0 Å². The molecule has 0 amide bonds. The average molecular weight is 352 g/mol. The molecular formula is C18H19F3N2O2. The van der Waals surface area contributed by atoms with Gasteiger partial charge in [0.15, 0.2) is 0 Å². The van der Waals surface area contributed by atoms with Crippen LogP contribution in [0.1, 0.15) is 35.0 Å². The molecule has 0 saturated heterocycles. The Kier molecular flexibility index (Phi) is 5.47. The molecule has 1 aromatic carbocycles. The van der Waals surface area contributed by atoms with Crippen LogP contribution in [0.25, 0.3) is 11.1 Å². The van der Waals surface area contributed by atoms with Gasteiger partial charge in [-0.1, -0.05) is 18.2 Å². The number of alkyl halides is 3. The van der Waals surface area contributed by atoms with Crippen molar-refractivity contribution < 1.29 is 22.7 Å². The van der Waals surface area contributed by atoms with Crippen LogP contribution in [0.2, 0.25) is 0 Å². The minimum absolute atomic E-state index is 0.00196. The summed E-state index contributed by atoms with van der Waals surface area (Å²) in [5.41, 5.74) is 7.58. The molecule has 134 valence electrons. The van der Waals surface area contributed by atoms with E-state index in [0.29, 0.717) is 11.1 Å². The van der Waals surface area contributed by atoms with E-state index in [4.69, 9.17) is 5.73 Å². The summed E-state index contributed by atoms with van der Waals surface area (Å²) in [6.45, 7) is 3.65. The lowest BCUT2D eigenvalue weighted by atomic mass is 9.94. The molecule has 2 aromatic rings. The van der Waals surface area contributed by atoms with Crippen LogP contribution in [0.5, 0.6) is 0 Å². The van der Waals surface area contributed by atoms with Crippen molar-refractivity contribution in [2.75, 3.05) is 7.11 Å². The van der Waals surface area contributed by atoms with Crippen LogP contribution >= 0.6 is 0 Å². The largest absolute Gasteiger partial charge is 0.469 e. The zero-order valence-corrected chi connectivity index (χ0v) is 14.1. The molecular weight excluding hydrogens is 333 g/mol. The third-order valence-corrected chi connectivity index (χ3v) is 3.90. The molecule has 1 atom stereocenters. The molecule has 2 rings (SSSR count). The summed E-state index contributed by atoms with van der Waals surface area (Å²) in [6.07, 6.45) is -4.87. The van der Waals surface area contributed by atoms with Crippen molar-refractivity contribution in [3.8, 4) is 11.1 Å². The second kappa shape index (κ2) is 7.23. The van der Waals surface area contributed by atoms with E-state index in [1.807, 2.05) is 32.0 Å². The van der Waals surface area contributed by atoms with Crippen molar-refractivity contribution in [1.82, 2.24) is 4.98 Å². The molecule has 7 heteroatoms. The van der Waals surface area contributed by atoms with E-state index in [1.165, 1.54) is 13.2 Å². The van der Waals surface area contributed by atoms with E-state index in [1.54, 1.807) is 0 Å². The van der Waals surface area contributed by atoms with Gasteiger partial charge in [0, 0.05) is 0 Å². The summed E-state index contributed by atoms with van der Waals surface area (Å²) >= 11 is 0. The van der Waals surface area contributed by atoms with Gasteiger partial charge in [-0.05, 0) is 48.2 Å². The fourth-order valence-corrected chi connectivity index (χ4v) is 2.67. The Hall–Kier alpha value is -2.41. The highest BCUT2D eigenvalue weighted by molar-refractivity contribution is 5.72. The van der Waals surface area contributed by atoms with Crippen molar-refractivity contribution in [1.29, 1.82) is 0 Å². The molecule has 0 spiro atoms. The number of carbonyl (C=O) groups excluding carboxylic acids is 1. The summed E-state index contributed by atoms with van der Waals surface area (Å²) < 4.78 is 44.3. The third-order valence-electron chi connectivity index (χ3n) is 3.90. The first-order valence-electron chi connectivity index (χ1n) is 7.61. The van der Waals surface area contributed by atoms with Crippen LogP contribution in [0.3, 0.4) is 0 Å². The van der Waals surface area contributed by atoms with E-state index in [-0.39, 0.29) is 12.1 Å². The summed E-state index contributed by atoms with van der Waals surface area (Å²) in [6, 6.07) is 7.00. The van der Waals surface area contributed by atoms with Crippen molar-refractivity contribution >= 4 is 5.97 Å². The molecule has 0 saturated carbocycles. The van der Waals surface area contributed by atoms with Crippen molar-refractivity contribution in [2.45, 2.75) is 32.5 Å². The number of hydrogen-bond acceptors (Lipinski definition) is 4. The van der Waals surface area contributed by atoms with Crippen molar-refractivity contribution in [3.05, 3.63) is 52.8 Å². The fraction of sp³-hybridized carbons (Fsp3) is 0.333. The molecule has 4 nitrogen and oxygen atoms in total. The van der Waals surface area contributed by atoms with Crippen molar-refractivity contribution in [3.63, 3.8) is 0 Å². The predicted molar refractivity (Wildman–Crippen MR) is 87.7 cm³/mol. The van der Waals surface area contributed by atoms with Crippen LogP contribution < -0.4 is 5.73 Å². The van der Waals surface area contributed by atoms with Crippen LogP contribution in [0, 0.1) is 13.8 Å². The number of halogens is 3. The predicted octanol–water partition coefficient (Wildman–Crippen LogP) is 3.95. The number of ether oxygens (including phenoxy) is 1. The molecule has 0 unspecified atom stereocenters. The van der Waals surface area contributed by atoms with Gasteiger partial charge in [0.1, 0.15) is 5.69 Å². The summed E-state index contributed by atoms with van der Waals surface area (Å²) in [5, 5.41) is 0. The number of benzene rings is 1. The Morgan fingerprint density at radius 2 is 1.84 bits per heavy atom. The molecule has 0 aliphatic heterocycles. The van der Waals surface area contributed by atoms with Gasteiger partial charge in [-0.2, -0.15) is 13.2 Å². The lowest BCUT2D eigenvalue weighted by Gasteiger charge is -2.17. The first kappa shape index (κ1) is 18.9. The number of aromatic nitrogens is 1. The minimum atomic E-state index is -4.62. The van der Waals surface area contributed by atoms with Crippen LogP contribution in [0.4, 0.5) is 13.2 Å². The van der Waals surface area contributed by atoms with Crippen LogP contribution in [-0.2, 0) is 15.7 Å². The summed E-state index contributed by atoms with van der Waals surface area (Å²) in [7, 11) is 1.19.